The first-order valence-electron chi connectivity index (χ1n) is 4.39. The molecule has 0 aliphatic heterocycles. The number of para-hydroxylation sites is 1. The van der Waals surface area contributed by atoms with Gasteiger partial charge in [0.25, 0.3) is 0 Å². The Morgan fingerprint density at radius 3 is 2.87 bits per heavy atom. The normalized spacial score (nSPS) is 12.3. The van der Waals surface area contributed by atoms with Gasteiger partial charge in [0.05, 0.1) is 15.2 Å². The molecule has 15 heavy (non-hydrogen) atoms. The van der Waals surface area contributed by atoms with Crippen molar-refractivity contribution < 1.29 is 4.79 Å². The van der Waals surface area contributed by atoms with Crippen LogP contribution in [0.4, 0.5) is 0 Å². The highest BCUT2D eigenvalue weighted by Crippen LogP contribution is 2.24. The van der Waals surface area contributed by atoms with E-state index in [2.05, 4.69) is 4.99 Å². The van der Waals surface area contributed by atoms with E-state index in [1.807, 2.05) is 29.8 Å². The van der Waals surface area contributed by atoms with Gasteiger partial charge in [0.1, 0.15) is 0 Å². The Labute approximate surface area is 95.6 Å². The smallest absolute Gasteiger partial charge is 0.245 e. The molecule has 78 valence electrons. The molecule has 0 unspecified atom stereocenters. The highest BCUT2D eigenvalue weighted by molar-refractivity contribution is 7.16. The minimum atomic E-state index is -0.201. The summed E-state index contributed by atoms with van der Waals surface area (Å²) >= 11 is 7.53. The number of hydrogen-bond donors (Lipinski definition) is 0. The molecule has 1 amide bonds. The molecule has 1 aromatic heterocycles. The van der Waals surface area contributed by atoms with Gasteiger partial charge in [-0.25, -0.2) is 0 Å². The van der Waals surface area contributed by atoms with Gasteiger partial charge in [-0.15, -0.1) is 0 Å². The Morgan fingerprint density at radius 1 is 1.53 bits per heavy atom. The standard InChI is InChI=1S/C10H9ClN2OS/c1-6(14)12-10-13(2)9-7(11)4-3-5-8(9)15-10/h3-5H,1-2H3. The Morgan fingerprint density at radius 2 is 2.27 bits per heavy atom. The summed E-state index contributed by atoms with van der Waals surface area (Å²) in [7, 11) is 1.85. The molecular formula is C10H9ClN2OS. The molecule has 3 nitrogen and oxygen atoms in total. The van der Waals surface area contributed by atoms with Gasteiger partial charge < -0.3 is 4.57 Å². The van der Waals surface area contributed by atoms with E-state index >= 15 is 0 Å². The van der Waals surface area contributed by atoms with Crippen LogP contribution in [-0.2, 0) is 11.8 Å². The fourth-order valence-corrected chi connectivity index (χ4v) is 2.85. The van der Waals surface area contributed by atoms with Crippen LogP contribution in [0.5, 0.6) is 0 Å². The van der Waals surface area contributed by atoms with E-state index in [4.69, 9.17) is 11.6 Å². The molecular weight excluding hydrogens is 232 g/mol. The lowest BCUT2D eigenvalue weighted by Crippen LogP contribution is -2.11. The third-order valence-electron chi connectivity index (χ3n) is 2.03. The van der Waals surface area contributed by atoms with E-state index in [0.717, 1.165) is 10.2 Å². The number of nitrogens with zero attached hydrogens (tertiary/aromatic N) is 2. The van der Waals surface area contributed by atoms with Gasteiger partial charge in [0.15, 0.2) is 4.80 Å². The van der Waals surface area contributed by atoms with Crippen molar-refractivity contribution in [2.75, 3.05) is 0 Å². The van der Waals surface area contributed by atoms with Crippen molar-refractivity contribution in [2.24, 2.45) is 12.0 Å². The molecule has 1 aromatic carbocycles. The largest absolute Gasteiger partial charge is 0.318 e. The third-order valence-corrected chi connectivity index (χ3v) is 3.43. The summed E-state index contributed by atoms with van der Waals surface area (Å²) < 4.78 is 2.87. The molecule has 0 radical (unpaired) electrons. The maximum Gasteiger partial charge on any atom is 0.245 e. The summed E-state index contributed by atoms with van der Waals surface area (Å²) in [6.45, 7) is 1.44. The molecule has 0 atom stereocenters. The lowest BCUT2D eigenvalue weighted by atomic mass is 10.3. The van der Waals surface area contributed by atoms with Crippen molar-refractivity contribution in [2.45, 2.75) is 6.92 Å². The SMILES string of the molecule is CC(=O)N=c1sc2cccc(Cl)c2n1C. The van der Waals surface area contributed by atoms with Gasteiger partial charge in [-0.05, 0) is 12.1 Å². The van der Waals surface area contributed by atoms with Crippen LogP contribution < -0.4 is 4.80 Å². The molecule has 0 aliphatic carbocycles. The number of carbonyl (C=O) groups is 1. The van der Waals surface area contributed by atoms with Crippen LogP contribution in [-0.4, -0.2) is 10.5 Å². The zero-order valence-corrected chi connectivity index (χ0v) is 9.89. The van der Waals surface area contributed by atoms with Crippen molar-refractivity contribution in [3.05, 3.63) is 28.0 Å². The maximum atomic E-state index is 10.9. The lowest BCUT2D eigenvalue weighted by Gasteiger charge is -1.96. The molecule has 0 bridgehead atoms. The lowest BCUT2D eigenvalue weighted by molar-refractivity contribution is -0.116. The fraction of sp³-hybridized carbons (Fsp3) is 0.200. The molecule has 0 N–H and O–H groups in total. The molecule has 1 heterocycles. The Bertz CT molecular complexity index is 597. The number of aryl methyl sites for hydroxylation is 1. The van der Waals surface area contributed by atoms with Crippen molar-refractivity contribution in [3.63, 3.8) is 0 Å². The van der Waals surface area contributed by atoms with E-state index < -0.39 is 0 Å². The molecule has 2 aromatic rings. The van der Waals surface area contributed by atoms with E-state index in [1.54, 1.807) is 0 Å². The second-order valence-corrected chi connectivity index (χ2v) is 4.58. The summed E-state index contributed by atoms with van der Waals surface area (Å²) in [5, 5.41) is 0.677. The quantitative estimate of drug-likeness (QED) is 0.696. The summed E-state index contributed by atoms with van der Waals surface area (Å²) in [5.41, 5.74) is 0.921. The van der Waals surface area contributed by atoms with Crippen LogP contribution in [0.3, 0.4) is 0 Å². The van der Waals surface area contributed by atoms with Crippen LogP contribution in [0.2, 0.25) is 5.02 Å². The molecule has 5 heteroatoms. The van der Waals surface area contributed by atoms with Gasteiger partial charge in [0, 0.05) is 14.0 Å². The predicted molar refractivity (Wildman–Crippen MR) is 62.1 cm³/mol. The average Bonchev–Trinajstić information content (AvgIpc) is 2.44. The van der Waals surface area contributed by atoms with Crippen LogP contribution in [0, 0.1) is 0 Å². The number of thiazole rings is 1. The highest BCUT2D eigenvalue weighted by atomic mass is 35.5. The first-order chi connectivity index (χ1) is 7.09. The fourth-order valence-electron chi connectivity index (χ4n) is 1.40. The van der Waals surface area contributed by atoms with Gasteiger partial charge in [-0.2, -0.15) is 4.99 Å². The summed E-state index contributed by atoms with van der Waals surface area (Å²) in [6.07, 6.45) is 0. The number of carbonyl (C=O) groups excluding carboxylic acids is 1. The topological polar surface area (TPSA) is 34.4 Å². The van der Waals surface area contributed by atoms with Crippen molar-refractivity contribution >= 4 is 39.1 Å². The predicted octanol–water partition coefficient (Wildman–Crippen LogP) is 2.34. The zero-order valence-electron chi connectivity index (χ0n) is 8.32. The monoisotopic (exact) mass is 240 g/mol. The van der Waals surface area contributed by atoms with Gasteiger partial charge >= 0.3 is 0 Å². The van der Waals surface area contributed by atoms with Crippen molar-refractivity contribution in [1.29, 1.82) is 0 Å². The second kappa shape index (κ2) is 3.79. The number of rotatable bonds is 0. The van der Waals surface area contributed by atoms with Crippen LogP contribution >= 0.6 is 22.9 Å². The minimum Gasteiger partial charge on any atom is -0.318 e. The molecule has 0 spiro atoms. The Balaban J connectivity index is 2.87. The summed E-state index contributed by atoms with van der Waals surface area (Å²) in [4.78, 5) is 15.5. The van der Waals surface area contributed by atoms with E-state index in [0.29, 0.717) is 9.82 Å². The maximum absolute atomic E-state index is 10.9. The Kier molecular flexibility index (Phi) is 2.63. The summed E-state index contributed by atoms with van der Waals surface area (Å²) in [6, 6.07) is 5.68. The van der Waals surface area contributed by atoms with Crippen molar-refractivity contribution in [3.8, 4) is 0 Å². The van der Waals surface area contributed by atoms with Crippen LogP contribution in [0.25, 0.3) is 10.2 Å². The molecule has 2 rings (SSSR count). The number of halogens is 1. The van der Waals surface area contributed by atoms with Gasteiger partial charge in [-0.3, -0.25) is 4.79 Å². The highest BCUT2D eigenvalue weighted by Gasteiger charge is 2.06. The number of fused-ring (bicyclic) bond motifs is 1. The van der Waals surface area contributed by atoms with E-state index in [-0.39, 0.29) is 5.91 Å². The zero-order chi connectivity index (χ0) is 11.0. The van der Waals surface area contributed by atoms with Crippen LogP contribution in [0.15, 0.2) is 23.2 Å². The first-order valence-corrected chi connectivity index (χ1v) is 5.58. The van der Waals surface area contributed by atoms with Crippen molar-refractivity contribution in [1.82, 2.24) is 4.57 Å². The Hall–Kier alpha value is -1.13. The number of benzene rings is 1. The average molecular weight is 241 g/mol. The molecule has 0 aliphatic rings. The van der Waals surface area contributed by atoms with E-state index in [9.17, 15) is 4.79 Å². The number of aromatic nitrogens is 1. The number of hydrogen-bond acceptors (Lipinski definition) is 2. The third kappa shape index (κ3) is 1.82. The van der Waals surface area contributed by atoms with Crippen LogP contribution in [0.1, 0.15) is 6.92 Å². The minimum absolute atomic E-state index is 0.201. The molecule has 0 saturated heterocycles. The second-order valence-electron chi connectivity index (χ2n) is 3.16. The van der Waals surface area contributed by atoms with E-state index in [1.165, 1.54) is 18.3 Å². The van der Waals surface area contributed by atoms with Gasteiger partial charge in [0.2, 0.25) is 5.91 Å². The molecule has 0 fully saturated rings. The number of amides is 1. The van der Waals surface area contributed by atoms with Gasteiger partial charge in [-0.1, -0.05) is 29.0 Å². The summed E-state index contributed by atoms with van der Waals surface area (Å²) in [5.74, 6) is -0.201. The molecule has 0 saturated carbocycles. The first kappa shape index (κ1) is 10.4.